The summed E-state index contributed by atoms with van der Waals surface area (Å²) in [6, 6.07) is 12.0. The average Bonchev–Trinajstić information content (AvgIpc) is 2.99. The van der Waals surface area contributed by atoms with Gasteiger partial charge in [0, 0.05) is 12.4 Å². The monoisotopic (exact) mass is 384 g/mol. The molecule has 0 saturated carbocycles. The number of carbonyl (C=O) groups excluding carboxylic acids is 1. The van der Waals surface area contributed by atoms with Crippen LogP contribution in [0.3, 0.4) is 0 Å². The highest BCUT2D eigenvalue weighted by molar-refractivity contribution is 6.35. The highest BCUT2D eigenvalue weighted by atomic mass is 35.5. The first kappa shape index (κ1) is 19.0. The highest BCUT2D eigenvalue weighted by Crippen LogP contribution is 2.29. The van der Waals surface area contributed by atoms with Crippen molar-refractivity contribution < 1.29 is 14.7 Å². The molecule has 0 saturated heterocycles. The third-order valence-electron chi connectivity index (χ3n) is 4.82. The van der Waals surface area contributed by atoms with E-state index in [4.69, 9.17) is 16.7 Å². The molecule has 2 N–H and O–H groups in total. The molecule has 140 valence electrons. The average molecular weight is 385 g/mol. The smallest absolute Gasteiger partial charge is 0.335 e. The van der Waals surface area contributed by atoms with Crippen molar-refractivity contribution in [1.29, 1.82) is 0 Å². The number of fused-ring (bicyclic) bond motifs is 1. The summed E-state index contributed by atoms with van der Waals surface area (Å²) in [4.78, 5) is 23.7. The standard InChI is InChI=1S/C21H21ClN2O3/c1-4-13-9-17(22)16-11-19(24(3)18(16)10-13)20(25)23-12(2)14-5-7-15(8-6-14)21(26)27/h5-12H,4H2,1-3H3,(H,23,25)(H,26,27)/t12-/m1/s1. The van der Waals surface area contributed by atoms with Crippen LogP contribution in [0.25, 0.3) is 10.9 Å². The number of hydrogen-bond donors (Lipinski definition) is 2. The minimum Gasteiger partial charge on any atom is -0.478 e. The largest absolute Gasteiger partial charge is 0.478 e. The van der Waals surface area contributed by atoms with Crippen LogP contribution < -0.4 is 5.32 Å². The number of carboxylic acid groups (broad SMARTS) is 1. The van der Waals surface area contributed by atoms with Crippen molar-refractivity contribution in [3.05, 3.63) is 69.9 Å². The van der Waals surface area contributed by atoms with Gasteiger partial charge in [-0.15, -0.1) is 0 Å². The highest BCUT2D eigenvalue weighted by Gasteiger charge is 2.18. The second-order valence-electron chi connectivity index (χ2n) is 6.57. The second kappa shape index (κ2) is 7.45. The van der Waals surface area contributed by atoms with Crippen molar-refractivity contribution in [2.24, 2.45) is 7.05 Å². The van der Waals surface area contributed by atoms with Crippen LogP contribution in [0, 0.1) is 0 Å². The van der Waals surface area contributed by atoms with E-state index < -0.39 is 5.97 Å². The molecule has 6 heteroatoms. The van der Waals surface area contributed by atoms with Gasteiger partial charge < -0.3 is 15.0 Å². The molecule has 0 aliphatic rings. The molecule has 0 radical (unpaired) electrons. The lowest BCUT2D eigenvalue weighted by Gasteiger charge is -2.15. The minimum atomic E-state index is -0.975. The lowest BCUT2D eigenvalue weighted by molar-refractivity contribution is 0.0696. The summed E-state index contributed by atoms with van der Waals surface area (Å²) in [5.41, 5.74) is 3.61. The number of hydrogen-bond acceptors (Lipinski definition) is 2. The van der Waals surface area contributed by atoms with Crippen molar-refractivity contribution >= 4 is 34.4 Å². The molecule has 0 spiro atoms. The van der Waals surface area contributed by atoms with Crippen molar-refractivity contribution in [2.75, 3.05) is 0 Å². The summed E-state index contributed by atoms with van der Waals surface area (Å²) in [5.74, 6) is -1.19. The molecule has 3 rings (SSSR count). The van der Waals surface area contributed by atoms with Crippen molar-refractivity contribution in [3.63, 3.8) is 0 Å². The quantitative estimate of drug-likeness (QED) is 0.676. The Kier molecular flexibility index (Phi) is 5.24. The Morgan fingerprint density at radius 2 is 1.85 bits per heavy atom. The summed E-state index contributed by atoms with van der Waals surface area (Å²) >= 11 is 6.38. The lowest BCUT2D eigenvalue weighted by atomic mass is 10.1. The Bertz CT molecular complexity index is 1020. The summed E-state index contributed by atoms with van der Waals surface area (Å²) in [6.07, 6.45) is 0.867. The fourth-order valence-electron chi connectivity index (χ4n) is 3.13. The van der Waals surface area contributed by atoms with Crippen LogP contribution in [0.15, 0.2) is 42.5 Å². The van der Waals surface area contributed by atoms with E-state index in [9.17, 15) is 9.59 Å². The predicted molar refractivity (Wildman–Crippen MR) is 107 cm³/mol. The zero-order valence-electron chi connectivity index (χ0n) is 15.4. The van der Waals surface area contributed by atoms with E-state index >= 15 is 0 Å². The molecule has 5 nitrogen and oxygen atoms in total. The summed E-state index contributed by atoms with van der Waals surface area (Å²) in [5, 5.41) is 13.4. The number of benzene rings is 2. The van der Waals surface area contributed by atoms with Crippen LogP contribution in [0.4, 0.5) is 0 Å². The van der Waals surface area contributed by atoms with Gasteiger partial charge in [-0.3, -0.25) is 4.79 Å². The van der Waals surface area contributed by atoms with E-state index in [0.717, 1.165) is 28.5 Å². The molecule has 1 aromatic heterocycles. The summed E-state index contributed by atoms with van der Waals surface area (Å²) < 4.78 is 1.84. The van der Waals surface area contributed by atoms with Crippen LogP contribution >= 0.6 is 11.6 Å². The van der Waals surface area contributed by atoms with Gasteiger partial charge in [0.1, 0.15) is 5.69 Å². The first-order chi connectivity index (χ1) is 12.8. The normalized spacial score (nSPS) is 12.1. The molecule has 3 aromatic rings. The van der Waals surface area contributed by atoms with Crippen LogP contribution in [-0.2, 0) is 13.5 Å². The van der Waals surface area contributed by atoms with Gasteiger partial charge in [-0.25, -0.2) is 4.79 Å². The SMILES string of the molecule is CCc1cc(Cl)c2cc(C(=O)N[C@H](C)c3ccc(C(=O)O)cc3)n(C)c2c1. The Morgan fingerprint density at radius 1 is 1.19 bits per heavy atom. The number of carboxylic acids is 1. The van der Waals surface area contributed by atoms with E-state index in [0.29, 0.717) is 10.7 Å². The van der Waals surface area contributed by atoms with Crippen LogP contribution in [0.1, 0.15) is 51.9 Å². The van der Waals surface area contributed by atoms with Gasteiger partial charge in [0.15, 0.2) is 0 Å². The molecule has 27 heavy (non-hydrogen) atoms. The molecule has 1 atom stereocenters. The number of amides is 1. The van der Waals surface area contributed by atoms with Gasteiger partial charge in [0.05, 0.1) is 22.1 Å². The van der Waals surface area contributed by atoms with Crippen molar-refractivity contribution in [2.45, 2.75) is 26.3 Å². The number of nitrogens with one attached hydrogen (secondary N) is 1. The van der Waals surface area contributed by atoms with Gasteiger partial charge in [-0.1, -0.05) is 30.7 Å². The number of halogens is 1. The van der Waals surface area contributed by atoms with Crippen LogP contribution in [-0.4, -0.2) is 21.6 Å². The Hall–Kier alpha value is -2.79. The Morgan fingerprint density at radius 3 is 2.44 bits per heavy atom. The topological polar surface area (TPSA) is 71.3 Å². The van der Waals surface area contributed by atoms with Gasteiger partial charge in [-0.2, -0.15) is 0 Å². The maximum absolute atomic E-state index is 12.8. The van der Waals surface area contributed by atoms with Crippen LogP contribution in [0.2, 0.25) is 5.02 Å². The zero-order valence-corrected chi connectivity index (χ0v) is 16.2. The molecule has 0 fully saturated rings. The zero-order chi connectivity index (χ0) is 19.7. The molecule has 2 aromatic carbocycles. The molecule has 0 bridgehead atoms. The van der Waals surface area contributed by atoms with Crippen LogP contribution in [0.5, 0.6) is 0 Å². The summed E-state index contributed by atoms with van der Waals surface area (Å²) in [6.45, 7) is 3.92. The number of aryl methyl sites for hydroxylation is 2. The number of nitrogens with zero attached hydrogens (tertiary/aromatic N) is 1. The third kappa shape index (κ3) is 3.69. The molecular formula is C21H21ClN2O3. The molecule has 0 aliphatic carbocycles. The molecule has 0 unspecified atom stereocenters. The second-order valence-corrected chi connectivity index (χ2v) is 6.98. The lowest BCUT2D eigenvalue weighted by Crippen LogP contribution is -2.28. The minimum absolute atomic E-state index is 0.211. The first-order valence-corrected chi connectivity index (χ1v) is 9.11. The van der Waals surface area contributed by atoms with Gasteiger partial charge in [0.2, 0.25) is 0 Å². The Labute approximate surface area is 162 Å². The maximum Gasteiger partial charge on any atom is 0.335 e. The fraction of sp³-hybridized carbons (Fsp3) is 0.238. The molecule has 0 aliphatic heterocycles. The molecule has 1 amide bonds. The molecular weight excluding hydrogens is 364 g/mol. The van der Waals surface area contributed by atoms with E-state index in [1.807, 2.05) is 30.7 Å². The summed E-state index contributed by atoms with van der Waals surface area (Å²) in [7, 11) is 1.85. The number of aromatic nitrogens is 1. The predicted octanol–water partition coefficient (Wildman–Crippen LogP) is 4.58. The van der Waals surface area contributed by atoms with E-state index in [1.54, 1.807) is 18.2 Å². The van der Waals surface area contributed by atoms with Gasteiger partial charge in [-0.05, 0) is 54.8 Å². The maximum atomic E-state index is 12.8. The third-order valence-corrected chi connectivity index (χ3v) is 5.13. The molecule has 1 heterocycles. The van der Waals surface area contributed by atoms with E-state index in [2.05, 4.69) is 12.2 Å². The Balaban J connectivity index is 1.86. The van der Waals surface area contributed by atoms with E-state index in [1.165, 1.54) is 12.1 Å². The van der Waals surface area contributed by atoms with E-state index in [-0.39, 0.29) is 17.5 Å². The number of carbonyl (C=O) groups is 2. The first-order valence-electron chi connectivity index (χ1n) is 8.73. The van der Waals surface area contributed by atoms with Crippen molar-refractivity contribution in [1.82, 2.24) is 9.88 Å². The fourth-order valence-corrected chi connectivity index (χ4v) is 3.42. The number of rotatable bonds is 5. The van der Waals surface area contributed by atoms with Crippen molar-refractivity contribution in [3.8, 4) is 0 Å². The number of aromatic carboxylic acids is 1. The van der Waals surface area contributed by atoms with Gasteiger partial charge >= 0.3 is 5.97 Å². The van der Waals surface area contributed by atoms with Gasteiger partial charge in [0.25, 0.3) is 5.91 Å².